The fourth-order valence-electron chi connectivity index (χ4n) is 5.16. The third-order valence-electron chi connectivity index (χ3n) is 7.12. The Bertz CT molecular complexity index is 1500. The molecule has 3 N–H and O–H groups in total. The van der Waals surface area contributed by atoms with Crippen LogP contribution in [0.15, 0.2) is 48.8 Å². The highest BCUT2D eigenvalue weighted by Crippen LogP contribution is 2.35. The van der Waals surface area contributed by atoms with E-state index >= 15 is 0 Å². The number of carbonyl (C=O) groups excluding carboxylic acids is 2. The number of carbonyl (C=O) groups is 2. The minimum atomic E-state index is -0.570. The van der Waals surface area contributed by atoms with E-state index in [0.717, 1.165) is 24.0 Å². The Balaban J connectivity index is 1.45. The first kappa shape index (κ1) is 25.5. The highest BCUT2D eigenvalue weighted by molar-refractivity contribution is 5.97. The molecule has 9 heteroatoms. The average molecular weight is 516 g/mol. The number of aromatic amines is 1. The van der Waals surface area contributed by atoms with Crippen LogP contribution in [0.2, 0.25) is 0 Å². The summed E-state index contributed by atoms with van der Waals surface area (Å²) in [6.45, 7) is 6.70. The Morgan fingerprint density at radius 3 is 2.68 bits per heavy atom. The van der Waals surface area contributed by atoms with E-state index in [1.807, 2.05) is 25.1 Å². The second-order valence-corrected chi connectivity index (χ2v) is 10.3. The van der Waals surface area contributed by atoms with Crippen molar-refractivity contribution in [1.82, 2.24) is 19.9 Å². The van der Waals surface area contributed by atoms with Crippen LogP contribution >= 0.6 is 0 Å². The number of β-amino-alcohol motifs (C(OH)–C–C–N with tert-alkyl or cyclic N) is 1. The molecule has 3 heterocycles. The molecular formula is C29H30FN5O3. The molecule has 0 aliphatic carbocycles. The minimum Gasteiger partial charge on any atom is -0.391 e. The van der Waals surface area contributed by atoms with Crippen molar-refractivity contribution in [2.24, 2.45) is 11.8 Å². The molecule has 1 aliphatic heterocycles. The molecule has 4 aromatic rings. The molecule has 5 rings (SSSR count). The topological polar surface area (TPSA) is 111 Å². The summed E-state index contributed by atoms with van der Waals surface area (Å²) in [5, 5.41) is 14.0. The lowest BCUT2D eigenvalue weighted by Gasteiger charge is -2.19. The number of benzene rings is 2. The Hall–Kier alpha value is -4.11. The number of likely N-dealkylation sites (tertiary alicyclic amines) is 1. The molecule has 1 aliphatic rings. The van der Waals surface area contributed by atoms with E-state index in [-0.39, 0.29) is 18.5 Å². The van der Waals surface area contributed by atoms with Gasteiger partial charge in [-0.1, -0.05) is 38.1 Å². The van der Waals surface area contributed by atoms with Crippen LogP contribution in [0.5, 0.6) is 0 Å². The van der Waals surface area contributed by atoms with Crippen molar-refractivity contribution in [2.45, 2.75) is 33.3 Å². The number of nitrogens with one attached hydrogen (secondary N) is 2. The number of halogens is 1. The number of anilines is 1. The van der Waals surface area contributed by atoms with Gasteiger partial charge in [0.1, 0.15) is 24.1 Å². The van der Waals surface area contributed by atoms with Gasteiger partial charge in [0, 0.05) is 46.9 Å². The van der Waals surface area contributed by atoms with Gasteiger partial charge in [-0.3, -0.25) is 4.79 Å². The van der Waals surface area contributed by atoms with Crippen molar-refractivity contribution in [1.29, 1.82) is 0 Å². The molecule has 0 spiro atoms. The molecule has 1 saturated heterocycles. The number of hydrogen-bond donors (Lipinski definition) is 3. The zero-order valence-electron chi connectivity index (χ0n) is 21.5. The second kappa shape index (κ2) is 10.3. The molecule has 2 aromatic heterocycles. The molecule has 0 radical (unpaired) electrons. The number of rotatable bonds is 6. The van der Waals surface area contributed by atoms with E-state index in [0.29, 0.717) is 51.6 Å². The summed E-state index contributed by atoms with van der Waals surface area (Å²) in [7, 11) is 0. The summed E-state index contributed by atoms with van der Waals surface area (Å²) < 4.78 is 14.8. The Kier molecular flexibility index (Phi) is 6.94. The van der Waals surface area contributed by atoms with E-state index < -0.39 is 11.9 Å². The van der Waals surface area contributed by atoms with Gasteiger partial charge in [0.05, 0.1) is 11.8 Å². The second-order valence-electron chi connectivity index (χ2n) is 10.3. The summed E-state index contributed by atoms with van der Waals surface area (Å²) in [5.41, 5.74) is 4.89. The van der Waals surface area contributed by atoms with Crippen LogP contribution in [-0.2, 0) is 0 Å². The fourth-order valence-corrected chi connectivity index (χ4v) is 5.16. The number of aliphatic hydroxyl groups is 1. The van der Waals surface area contributed by atoms with Crippen LogP contribution in [-0.4, -0.2) is 56.5 Å². The smallest absolute Gasteiger partial charge is 0.321 e. The Labute approximate surface area is 219 Å². The fraction of sp³-hybridized carbons (Fsp3) is 0.310. The van der Waals surface area contributed by atoms with Crippen LogP contribution in [0.25, 0.3) is 33.5 Å². The standard InChI is InChI=1S/C29H30FN5O3/c1-16(2)8-20-12-35(13-26(20)37)29(38)34-24-10-21(30)9-22(17(24)3)27-23-11-25(33-28(23)32-15-31-27)19-6-4-18(14-36)5-7-19/h4-7,9-11,14-16,20,26,37H,8,12-13H2,1-3H3,(H,34,38)(H,31,32,33). The zero-order valence-corrected chi connectivity index (χ0v) is 21.5. The van der Waals surface area contributed by atoms with Gasteiger partial charge in [0.15, 0.2) is 0 Å². The number of urea groups is 1. The number of H-pyrrole nitrogens is 1. The molecular weight excluding hydrogens is 485 g/mol. The third kappa shape index (κ3) is 5.02. The largest absolute Gasteiger partial charge is 0.391 e. The van der Waals surface area contributed by atoms with Crippen molar-refractivity contribution in [3.63, 3.8) is 0 Å². The van der Waals surface area contributed by atoms with Crippen LogP contribution in [0.3, 0.4) is 0 Å². The van der Waals surface area contributed by atoms with E-state index in [4.69, 9.17) is 0 Å². The first-order valence-electron chi connectivity index (χ1n) is 12.7. The highest BCUT2D eigenvalue weighted by atomic mass is 19.1. The lowest BCUT2D eigenvalue weighted by atomic mass is 9.95. The molecule has 8 nitrogen and oxygen atoms in total. The third-order valence-corrected chi connectivity index (χ3v) is 7.12. The summed E-state index contributed by atoms with van der Waals surface area (Å²) in [4.78, 5) is 37.7. The predicted molar refractivity (Wildman–Crippen MR) is 144 cm³/mol. The van der Waals surface area contributed by atoms with E-state index in [9.17, 15) is 19.1 Å². The molecule has 0 bridgehead atoms. The average Bonchev–Trinajstić information content (AvgIpc) is 3.49. The minimum absolute atomic E-state index is 0.0247. The zero-order chi connectivity index (χ0) is 27.0. The summed E-state index contributed by atoms with van der Waals surface area (Å²) in [5.74, 6) is -0.0660. The van der Waals surface area contributed by atoms with Gasteiger partial charge < -0.3 is 20.3 Å². The van der Waals surface area contributed by atoms with Crippen LogP contribution in [0, 0.1) is 24.6 Å². The van der Waals surface area contributed by atoms with Crippen molar-refractivity contribution >= 4 is 29.0 Å². The van der Waals surface area contributed by atoms with Crippen LogP contribution < -0.4 is 5.32 Å². The SMILES string of the molecule is Cc1c(NC(=O)N2CC(O)C(CC(C)C)C2)cc(F)cc1-c1ncnc2[nH]c(-c3ccc(C=O)cc3)cc12. The number of hydrogen-bond acceptors (Lipinski definition) is 5. The van der Waals surface area contributed by atoms with Gasteiger partial charge in [-0.25, -0.2) is 19.2 Å². The number of nitrogens with zero attached hydrogens (tertiary/aromatic N) is 3. The first-order valence-corrected chi connectivity index (χ1v) is 12.7. The molecule has 0 saturated carbocycles. The van der Waals surface area contributed by atoms with Crippen molar-refractivity contribution in [3.05, 3.63) is 65.7 Å². The van der Waals surface area contributed by atoms with Crippen molar-refractivity contribution in [3.8, 4) is 22.5 Å². The number of fused-ring (bicyclic) bond motifs is 1. The lowest BCUT2D eigenvalue weighted by Crippen LogP contribution is -2.34. The summed E-state index contributed by atoms with van der Waals surface area (Å²) in [6, 6.07) is 11.4. The van der Waals surface area contributed by atoms with Crippen LogP contribution in [0.1, 0.15) is 36.2 Å². The van der Waals surface area contributed by atoms with E-state index in [1.54, 1.807) is 17.0 Å². The molecule has 38 heavy (non-hydrogen) atoms. The van der Waals surface area contributed by atoms with E-state index in [1.165, 1.54) is 18.5 Å². The number of aromatic nitrogens is 3. The Morgan fingerprint density at radius 1 is 1.21 bits per heavy atom. The first-order chi connectivity index (χ1) is 18.2. The number of aldehydes is 1. The molecule has 2 atom stereocenters. The van der Waals surface area contributed by atoms with Gasteiger partial charge in [-0.05, 0) is 48.6 Å². The number of aliphatic hydroxyl groups excluding tert-OH is 1. The van der Waals surface area contributed by atoms with Gasteiger partial charge >= 0.3 is 6.03 Å². The Morgan fingerprint density at radius 2 is 1.97 bits per heavy atom. The molecule has 1 fully saturated rings. The molecule has 2 aromatic carbocycles. The van der Waals surface area contributed by atoms with Crippen LogP contribution in [0.4, 0.5) is 14.9 Å². The van der Waals surface area contributed by atoms with Crippen molar-refractivity contribution in [2.75, 3.05) is 18.4 Å². The monoisotopic (exact) mass is 515 g/mol. The summed E-state index contributed by atoms with van der Waals surface area (Å²) >= 11 is 0. The molecule has 2 amide bonds. The van der Waals surface area contributed by atoms with Gasteiger partial charge in [-0.2, -0.15) is 0 Å². The molecule has 196 valence electrons. The normalized spacial score (nSPS) is 17.4. The summed E-state index contributed by atoms with van der Waals surface area (Å²) in [6.07, 6.45) is 2.46. The van der Waals surface area contributed by atoms with Gasteiger partial charge in [-0.15, -0.1) is 0 Å². The van der Waals surface area contributed by atoms with Crippen molar-refractivity contribution < 1.29 is 19.1 Å². The maximum Gasteiger partial charge on any atom is 0.321 e. The number of amides is 2. The lowest BCUT2D eigenvalue weighted by molar-refractivity contribution is 0.112. The quantitative estimate of drug-likeness (QED) is 0.297. The predicted octanol–water partition coefficient (Wildman–Crippen LogP) is 5.42. The maximum atomic E-state index is 14.8. The highest BCUT2D eigenvalue weighted by Gasteiger charge is 2.34. The molecule has 2 unspecified atom stereocenters. The van der Waals surface area contributed by atoms with Gasteiger partial charge in [0.2, 0.25) is 0 Å². The maximum absolute atomic E-state index is 14.8. The van der Waals surface area contributed by atoms with Gasteiger partial charge in [0.25, 0.3) is 0 Å². The van der Waals surface area contributed by atoms with E-state index in [2.05, 4.69) is 34.1 Å².